The van der Waals surface area contributed by atoms with Crippen LogP contribution in [0.3, 0.4) is 0 Å². The van der Waals surface area contributed by atoms with Gasteiger partial charge in [-0.05, 0) is 37.9 Å². The molecule has 102 valence electrons. The first-order valence-corrected chi connectivity index (χ1v) is 8.28. The Morgan fingerprint density at radius 1 is 1.22 bits per heavy atom. The summed E-state index contributed by atoms with van der Waals surface area (Å²) in [6, 6.07) is 0. The Morgan fingerprint density at radius 2 is 2.17 bits per heavy atom. The van der Waals surface area contributed by atoms with Crippen LogP contribution in [0.15, 0.2) is 0 Å². The van der Waals surface area contributed by atoms with Crippen molar-refractivity contribution in [2.24, 2.45) is 11.8 Å². The maximum atomic E-state index is 12.6. The van der Waals surface area contributed by atoms with Gasteiger partial charge in [-0.1, -0.05) is 0 Å². The average Bonchev–Trinajstić information content (AvgIpc) is 2.87. The lowest BCUT2D eigenvalue weighted by molar-refractivity contribution is -0.141. The minimum atomic E-state index is 0.0266. The molecule has 3 atom stereocenters. The highest BCUT2D eigenvalue weighted by molar-refractivity contribution is 7.99. The summed E-state index contributed by atoms with van der Waals surface area (Å²) in [6.07, 6.45) is 5.07. The summed E-state index contributed by atoms with van der Waals surface area (Å²) in [4.78, 5) is 12.6. The molecule has 3 aliphatic heterocycles. The van der Waals surface area contributed by atoms with E-state index in [2.05, 4.69) is 0 Å². The highest BCUT2D eigenvalue weighted by atomic mass is 32.2. The molecule has 3 unspecified atom stereocenters. The van der Waals surface area contributed by atoms with E-state index in [0.717, 1.165) is 51.1 Å². The predicted molar refractivity (Wildman–Crippen MR) is 71.9 cm³/mol. The van der Waals surface area contributed by atoms with Gasteiger partial charge in [0.1, 0.15) is 5.78 Å². The van der Waals surface area contributed by atoms with E-state index in [9.17, 15) is 4.79 Å². The Bertz CT molecular complexity index is 306. The third kappa shape index (κ3) is 2.61. The fourth-order valence-electron chi connectivity index (χ4n) is 3.43. The fraction of sp³-hybridized carbons (Fsp3) is 0.929. The number of hydrogen-bond acceptors (Lipinski definition) is 4. The molecule has 3 nitrogen and oxygen atoms in total. The largest absolute Gasteiger partial charge is 0.381 e. The van der Waals surface area contributed by atoms with E-state index in [1.54, 1.807) is 0 Å². The summed E-state index contributed by atoms with van der Waals surface area (Å²) in [5, 5.41) is 0. The lowest BCUT2D eigenvalue weighted by Gasteiger charge is -2.38. The van der Waals surface area contributed by atoms with E-state index >= 15 is 0 Å². The fourth-order valence-corrected chi connectivity index (χ4v) is 4.81. The molecule has 0 radical (unpaired) electrons. The minimum Gasteiger partial charge on any atom is -0.381 e. The number of ether oxygens (including phenoxy) is 2. The molecule has 0 aromatic heterocycles. The highest BCUT2D eigenvalue weighted by Crippen LogP contribution is 2.41. The molecule has 3 fully saturated rings. The van der Waals surface area contributed by atoms with Gasteiger partial charge in [0.2, 0.25) is 0 Å². The second-order valence-electron chi connectivity index (χ2n) is 5.84. The number of Topliss-reactive ketones (excluding diaryl/α,β-unsaturated/α-hetero) is 1. The topological polar surface area (TPSA) is 35.5 Å². The minimum absolute atomic E-state index is 0.0266. The van der Waals surface area contributed by atoms with E-state index < -0.39 is 0 Å². The molecule has 0 bridgehead atoms. The molecule has 3 saturated heterocycles. The van der Waals surface area contributed by atoms with Crippen molar-refractivity contribution in [3.8, 4) is 0 Å². The average molecular weight is 270 g/mol. The quantitative estimate of drug-likeness (QED) is 0.771. The zero-order chi connectivity index (χ0) is 12.4. The first kappa shape index (κ1) is 12.9. The molecule has 0 amide bonds. The zero-order valence-electron chi connectivity index (χ0n) is 10.9. The van der Waals surface area contributed by atoms with Crippen molar-refractivity contribution in [2.75, 3.05) is 31.3 Å². The van der Waals surface area contributed by atoms with Crippen LogP contribution in [0.4, 0.5) is 0 Å². The van der Waals surface area contributed by atoms with Gasteiger partial charge in [-0.2, -0.15) is 11.8 Å². The Labute approximate surface area is 113 Å². The van der Waals surface area contributed by atoms with Gasteiger partial charge in [0, 0.05) is 30.8 Å². The number of carbonyl (C=O) groups is 1. The van der Waals surface area contributed by atoms with Gasteiger partial charge in [-0.25, -0.2) is 0 Å². The van der Waals surface area contributed by atoms with Crippen LogP contribution in [0.1, 0.15) is 32.1 Å². The van der Waals surface area contributed by atoms with Gasteiger partial charge in [0.25, 0.3) is 0 Å². The third-order valence-corrected chi connectivity index (χ3v) is 5.75. The summed E-state index contributed by atoms with van der Waals surface area (Å²) >= 11 is 1.97. The highest BCUT2D eigenvalue weighted by Gasteiger charge is 2.43. The van der Waals surface area contributed by atoms with E-state index in [1.807, 2.05) is 11.8 Å². The molecule has 0 aromatic carbocycles. The van der Waals surface area contributed by atoms with E-state index in [-0.39, 0.29) is 17.4 Å². The number of carbonyl (C=O) groups excluding carboxylic acids is 1. The smallest absolute Gasteiger partial charge is 0.141 e. The summed E-state index contributed by atoms with van der Waals surface area (Å²) in [5.74, 6) is 3.11. The van der Waals surface area contributed by atoms with E-state index in [4.69, 9.17) is 9.47 Å². The van der Waals surface area contributed by atoms with Crippen molar-refractivity contribution in [2.45, 2.75) is 37.7 Å². The summed E-state index contributed by atoms with van der Waals surface area (Å²) < 4.78 is 11.4. The molecule has 4 heteroatoms. The Kier molecular flexibility index (Phi) is 3.97. The SMILES string of the molecule is O=C(C1CCCOC1)C1CCOC2(CCSC2)C1. The van der Waals surface area contributed by atoms with Crippen LogP contribution in [0.2, 0.25) is 0 Å². The van der Waals surface area contributed by atoms with Crippen LogP contribution in [-0.2, 0) is 14.3 Å². The van der Waals surface area contributed by atoms with E-state index in [1.165, 1.54) is 5.75 Å². The Morgan fingerprint density at radius 3 is 2.89 bits per heavy atom. The lowest BCUT2D eigenvalue weighted by atomic mass is 9.78. The molecule has 3 rings (SSSR count). The summed E-state index contributed by atoms with van der Waals surface area (Å²) in [5.41, 5.74) is 0.0266. The Hall–Kier alpha value is -0.0600. The van der Waals surface area contributed by atoms with Crippen molar-refractivity contribution in [1.82, 2.24) is 0 Å². The second-order valence-corrected chi connectivity index (χ2v) is 6.95. The third-order valence-electron chi connectivity index (χ3n) is 4.53. The van der Waals surface area contributed by atoms with Crippen LogP contribution >= 0.6 is 11.8 Å². The van der Waals surface area contributed by atoms with E-state index in [0.29, 0.717) is 12.4 Å². The molecule has 1 spiro atoms. The van der Waals surface area contributed by atoms with Crippen molar-refractivity contribution >= 4 is 17.5 Å². The number of ketones is 1. The standard InChI is InChI=1S/C14H22O3S/c15-13(12-2-1-5-16-9-12)11-3-6-17-14(8-11)4-7-18-10-14/h11-12H,1-10H2. The summed E-state index contributed by atoms with van der Waals surface area (Å²) in [6.45, 7) is 2.25. The van der Waals surface area contributed by atoms with Crippen LogP contribution in [0.25, 0.3) is 0 Å². The second kappa shape index (κ2) is 5.51. The number of rotatable bonds is 2. The maximum absolute atomic E-state index is 12.6. The number of hydrogen-bond donors (Lipinski definition) is 0. The molecule has 18 heavy (non-hydrogen) atoms. The van der Waals surface area contributed by atoms with Crippen molar-refractivity contribution in [1.29, 1.82) is 0 Å². The van der Waals surface area contributed by atoms with Gasteiger partial charge in [0.05, 0.1) is 12.2 Å². The zero-order valence-corrected chi connectivity index (χ0v) is 11.7. The van der Waals surface area contributed by atoms with Crippen molar-refractivity contribution < 1.29 is 14.3 Å². The first-order chi connectivity index (χ1) is 8.79. The molecule has 0 aliphatic carbocycles. The van der Waals surface area contributed by atoms with Gasteiger partial charge in [0.15, 0.2) is 0 Å². The summed E-state index contributed by atoms with van der Waals surface area (Å²) in [7, 11) is 0. The van der Waals surface area contributed by atoms with Gasteiger partial charge < -0.3 is 9.47 Å². The Balaban J connectivity index is 1.62. The van der Waals surface area contributed by atoms with Crippen LogP contribution in [0.5, 0.6) is 0 Å². The first-order valence-electron chi connectivity index (χ1n) is 7.12. The van der Waals surface area contributed by atoms with Crippen molar-refractivity contribution in [3.63, 3.8) is 0 Å². The van der Waals surface area contributed by atoms with Crippen LogP contribution in [0, 0.1) is 11.8 Å². The number of thioether (sulfide) groups is 1. The molecule has 3 aliphatic rings. The van der Waals surface area contributed by atoms with Crippen LogP contribution < -0.4 is 0 Å². The molecule has 3 heterocycles. The maximum Gasteiger partial charge on any atom is 0.141 e. The molecule has 0 saturated carbocycles. The molecular formula is C14H22O3S. The van der Waals surface area contributed by atoms with Crippen molar-refractivity contribution in [3.05, 3.63) is 0 Å². The normalized spacial score (nSPS) is 41.1. The predicted octanol–water partition coefficient (Wildman–Crippen LogP) is 2.28. The van der Waals surface area contributed by atoms with Crippen LogP contribution in [-0.4, -0.2) is 42.7 Å². The lowest BCUT2D eigenvalue weighted by Crippen LogP contribution is -2.44. The monoisotopic (exact) mass is 270 g/mol. The molecular weight excluding hydrogens is 248 g/mol. The molecule has 0 aromatic rings. The van der Waals surface area contributed by atoms with Gasteiger partial charge in [-0.3, -0.25) is 4.79 Å². The van der Waals surface area contributed by atoms with Gasteiger partial charge in [-0.15, -0.1) is 0 Å². The van der Waals surface area contributed by atoms with Gasteiger partial charge >= 0.3 is 0 Å². The molecule has 0 N–H and O–H groups in total.